The van der Waals surface area contributed by atoms with Gasteiger partial charge >= 0.3 is 5.97 Å². The van der Waals surface area contributed by atoms with Crippen LogP contribution in [0.2, 0.25) is 0 Å². The Morgan fingerprint density at radius 1 is 1.24 bits per heavy atom. The lowest BCUT2D eigenvalue weighted by atomic mass is 10.2. The maximum absolute atomic E-state index is 11.7. The predicted octanol–water partition coefficient (Wildman–Crippen LogP) is 2.30. The Morgan fingerprint density at radius 3 is 2.88 bits per heavy atom. The first-order chi connectivity index (χ1) is 8.36. The average molecular weight is 227 g/mol. The van der Waals surface area contributed by atoms with Crippen LogP contribution in [-0.2, 0) is 16.1 Å². The molecule has 0 atom stereocenters. The van der Waals surface area contributed by atoms with Gasteiger partial charge in [-0.3, -0.25) is 4.99 Å². The molecule has 1 aromatic rings. The number of hydrogen-bond acceptors (Lipinski definition) is 3. The number of hydrogen-bond donors (Lipinski definition) is 0. The van der Waals surface area contributed by atoms with E-state index in [0.717, 1.165) is 5.56 Å². The van der Waals surface area contributed by atoms with Gasteiger partial charge < -0.3 is 4.74 Å². The number of aliphatic imine (C=N–C) groups is 1. The maximum atomic E-state index is 11.7. The van der Waals surface area contributed by atoms with Crippen molar-refractivity contribution in [3.63, 3.8) is 0 Å². The van der Waals surface area contributed by atoms with Crippen LogP contribution in [-0.4, -0.2) is 18.2 Å². The summed E-state index contributed by atoms with van der Waals surface area (Å²) in [6, 6.07) is 9.58. The van der Waals surface area contributed by atoms with E-state index in [1.165, 1.54) is 0 Å². The number of rotatable bonds is 3. The van der Waals surface area contributed by atoms with E-state index in [9.17, 15) is 4.79 Å². The van der Waals surface area contributed by atoms with Crippen molar-refractivity contribution in [3.8, 4) is 0 Å². The fourth-order valence-electron chi connectivity index (χ4n) is 1.42. The molecular formula is C14H13NO2. The van der Waals surface area contributed by atoms with Crippen LogP contribution in [0.4, 0.5) is 0 Å². The molecule has 0 N–H and O–H groups in total. The summed E-state index contributed by atoms with van der Waals surface area (Å²) in [7, 11) is 0. The van der Waals surface area contributed by atoms with E-state index in [1.807, 2.05) is 42.5 Å². The lowest BCUT2D eigenvalue weighted by Gasteiger charge is -2.04. The number of carbonyl (C=O) groups excluding carboxylic acids is 1. The number of ether oxygens (including phenoxy) is 1. The van der Waals surface area contributed by atoms with Gasteiger partial charge in [0.05, 0.1) is 6.54 Å². The van der Waals surface area contributed by atoms with Crippen molar-refractivity contribution in [2.75, 3.05) is 6.54 Å². The molecule has 17 heavy (non-hydrogen) atoms. The highest BCUT2D eigenvalue weighted by molar-refractivity contribution is 6.41. The van der Waals surface area contributed by atoms with E-state index in [1.54, 1.807) is 12.2 Å². The molecule has 0 saturated heterocycles. The predicted molar refractivity (Wildman–Crippen MR) is 66.8 cm³/mol. The Kier molecular flexibility index (Phi) is 3.86. The quantitative estimate of drug-likeness (QED) is 0.743. The van der Waals surface area contributed by atoms with Gasteiger partial charge in [-0.05, 0) is 11.6 Å². The Morgan fingerprint density at radius 2 is 2.06 bits per heavy atom. The van der Waals surface area contributed by atoms with Crippen molar-refractivity contribution < 1.29 is 9.53 Å². The van der Waals surface area contributed by atoms with Gasteiger partial charge in [0.15, 0.2) is 0 Å². The first kappa shape index (κ1) is 11.3. The van der Waals surface area contributed by atoms with Gasteiger partial charge in [0.1, 0.15) is 12.3 Å². The summed E-state index contributed by atoms with van der Waals surface area (Å²) in [5, 5.41) is 0. The zero-order valence-corrected chi connectivity index (χ0v) is 9.37. The molecule has 1 heterocycles. The molecule has 0 unspecified atom stereocenters. The minimum Gasteiger partial charge on any atom is -0.456 e. The van der Waals surface area contributed by atoms with E-state index in [-0.39, 0.29) is 12.6 Å². The molecule has 1 aliphatic rings. The second-order valence-corrected chi connectivity index (χ2v) is 3.57. The maximum Gasteiger partial charge on any atom is 0.356 e. The van der Waals surface area contributed by atoms with E-state index in [4.69, 9.17) is 4.74 Å². The van der Waals surface area contributed by atoms with Gasteiger partial charge in [0, 0.05) is 0 Å². The van der Waals surface area contributed by atoms with Crippen molar-refractivity contribution in [2.24, 2.45) is 4.99 Å². The molecule has 3 heteroatoms. The fourth-order valence-corrected chi connectivity index (χ4v) is 1.42. The minimum absolute atomic E-state index is 0.278. The zero-order chi connectivity index (χ0) is 11.9. The fraction of sp³-hybridized carbons (Fsp3) is 0.143. The Balaban J connectivity index is 1.92. The third-order valence-corrected chi connectivity index (χ3v) is 2.29. The van der Waals surface area contributed by atoms with E-state index in [2.05, 4.69) is 4.99 Å². The third kappa shape index (κ3) is 3.41. The van der Waals surface area contributed by atoms with Gasteiger partial charge in [-0.15, -0.1) is 0 Å². The Labute approximate surface area is 100 Å². The number of carbonyl (C=O) groups is 1. The summed E-state index contributed by atoms with van der Waals surface area (Å²) in [6.45, 7) is 0.794. The highest BCUT2D eigenvalue weighted by Crippen LogP contribution is 2.02. The van der Waals surface area contributed by atoms with Crippen molar-refractivity contribution in [2.45, 2.75) is 6.61 Å². The van der Waals surface area contributed by atoms with Gasteiger partial charge in [-0.25, -0.2) is 4.79 Å². The number of benzene rings is 1. The molecule has 1 aliphatic heterocycles. The molecular weight excluding hydrogens is 214 g/mol. The SMILES string of the molecule is O=C(OCc1ccccc1)C1=NCC=CC=C1. The second-order valence-electron chi connectivity index (χ2n) is 3.57. The van der Waals surface area contributed by atoms with E-state index in [0.29, 0.717) is 12.3 Å². The summed E-state index contributed by atoms with van der Waals surface area (Å²) in [5.41, 5.74) is 1.34. The smallest absolute Gasteiger partial charge is 0.356 e. The summed E-state index contributed by atoms with van der Waals surface area (Å²) < 4.78 is 5.17. The molecule has 0 fully saturated rings. The third-order valence-electron chi connectivity index (χ3n) is 2.29. The van der Waals surface area contributed by atoms with E-state index < -0.39 is 0 Å². The lowest BCUT2D eigenvalue weighted by molar-refractivity contribution is -0.136. The highest BCUT2D eigenvalue weighted by Gasteiger charge is 2.10. The monoisotopic (exact) mass is 227 g/mol. The number of allylic oxidation sites excluding steroid dienone is 2. The summed E-state index contributed by atoms with van der Waals surface area (Å²) in [6.07, 6.45) is 7.20. The summed E-state index contributed by atoms with van der Waals surface area (Å²) in [4.78, 5) is 15.8. The van der Waals surface area contributed by atoms with Crippen LogP contribution in [0.3, 0.4) is 0 Å². The van der Waals surface area contributed by atoms with Crippen LogP contribution in [0.1, 0.15) is 5.56 Å². The van der Waals surface area contributed by atoms with Gasteiger partial charge in [0.25, 0.3) is 0 Å². The molecule has 86 valence electrons. The second kappa shape index (κ2) is 5.80. The van der Waals surface area contributed by atoms with Gasteiger partial charge in [-0.1, -0.05) is 48.6 Å². The standard InChI is InChI=1S/C14H13NO2/c16-14(13-9-5-2-6-10-15-13)17-11-12-7-3-1-4-8-12/h1-9H,10-11H2. The van der Waals surface area contributed by atoms with Crippen LogP contribution in [0, 0.1) is 0 Å². The van der Waals surface area contributed by atoms with Crippen molar-refractivity contribution in [1.29, 1.82) is 0 Å². The molecule has 0 radical (unpaired) electrons. The van der Waals surface area contributed by atoms with Crippen molar-refractivity contribution in [1.82, 2.24) is 0 Å². The molecule has 1 aromatic carbocycles. The summed E-state index contributed by atoms with van der Waals surface area (Å²) in [5.74, 6) is -0.381. The zero-order valence-electron chi connectivity index (χ0n) is 9.37. The van der Waals surface area contributed by atoms with Crippen LogP contribution in [0.5, 0.6) is 0 Å². The minimum atomic E-state index is -0.381. The molecule has 2 rings (SSSR count). The van der Waals surface area contributed by atoms with Crippen LogP contribution >= 0.6 is 0 Å². The molecule has 0 aromatic heterocycles. The van der Waals surface area contributed by atoms with Gasteiger partial charge in [0.2, 0.25) is 0 Å². The Hall–Kier alpha value is -2.16. The number of nitrogens with zero attached hydrogens (tertiary/aromatic N) is 1. The lowest BCUT2D eigenvalue weighted by Crippen LogP contribution is -2.15. The van der Waals surface area contributed by atoms with Crippen LogP contribution < -0.4 is 0 Å². The molecule has 3 nitrogen and oxygen atoms in total. The van der Waals surface area contributed by atoms with Crippen molar-refractivity contribution in [3.05, 3.63) is 60.2 Å². The largest absolute Gasteiger partial charge is 0.456 e. The first-order valence-electron chi connectivity index (χ1n) is 5.45. The van der Waals surface area contributed by atoms with E-state index >= 15 is 0 Å². The first-order valence-corrected chi connectivity index (χ1v) is 5.45. The Bertz CT molecular complexity index is 472. The molecule has 0 saturated carbocycles. The molecule has 0 spiro atoms. The average Bonchev–Trinajstić information content (AvgIpc) is 2.66. The number of esters is 1. The normalized spacial score (nSPS) is 14.0. The van der Waals surface area contributed by atoms with Crippen molar-refractivity contribution >= 4 is 11.7 Å². The van der Waals surface area contributed by atoms with Gasteiger partial charge in [-0.2, -0.15) is 0 Å². The molecule has 0 aliphatic carbocycles. The highest BCUT2D eigenvalue weighted by atomic mass is 16.5. The summed E-state index contributed by atoms with van der Waals surface area (Å²) >= 11 is 0. The molecule has 0 amide bonds. The topological polar surface area (TPSA) is 38.7 Å². The molecule has 0 bridgehead atoms. The van der Waals surface area contributed by atoms with Crippen LogP contribution in [0.25, 0.3) is 0 Å². The van der Waals surface area contributed by atoms with Crippen LogP contribution in [0.15, 0.2) is 59.6 Å².